The van der Waals surface area contributed by atoms with Gasteiger partial charge in [0.15, 0.2) is 6.10 Å². The average molecular weight is 1110 g/mol. The second-order valence-electron chi connectivity index (χ2n) is 22.7. The normalized spacial score (nSPS) is 12.7. The summed E-state index contributed by atoms with van der Waals surface area (Å²) in [5.41, 5.74) is 0. The first-order valence-corrected chi connectivity index (χ1v) is 34.2. The van der Waals surface area contributed by atoms with Gasteiger partial charge in [0.05, 0.1) is 0 Å². The summed E-state index contributed by atoms with van der Waals surface area (Å²) in [6.45, 7) is 6.52. The highest BCUT2D eigenvalue weighted by molar-refractivity contribution is 5.71. The molecule has 0 aromatic heterocycles. The molecule has 0 rings (SSSR count). The first-order valence-electron chi connectivity index (χ1n) is 34.2. The second-order valence-corrected chi connectivity index (χ2v) is 22.7. The minimum atomic E-state index is -0.794. The molecule has 0 fully saturated rings. The zero-order valence-corrected chi connectivity index (χ0v) is 52.8. The van der Waals surface area contributed by atoms with Crippen molar-refractivity contribution >= 4 is 17.9 Å². The summed E-state index contributed by atoms with van der Waals surface area (Å²) >= 11 is 0. The third kappa shape index (κ3) is 65.1. The molecule has 0 radical (unpaired) electrons. The van der Waals surface area contributed by atoms with E-state index in [1.807, 2.05) is 0 Å². The molecule has 80 heavy (non-hydrogen) atoms. The molecule has 0 bridgehead atoms. The van der Waals surface area contributed by atoms with Crippen LogP contribution in [0.3, 0.4) is 0 Å². The quantitative estimate of drug-likeness (QED) is 0.0261. The summed E-state index contributed by atoms with van der Waals surface area (Å²) in [5, 5.41) is 0. The van der Waals surface area contributed by atoms with Crippen molar-refractivity contribution in [2.75, 3.05) is 13.2 Å². The summed E-state index contributed by atoms with van der Waals surface area (Å²) in [4.78, 5) is 38.3. The summed E-state index contributed by atoms with van der Waals surface area (Å²) < 4.78 is 16.9. The molecule has 6 nitrogen and oxygen atoms in total. The zero-order valence-electron chi connectivity index (χ0n) is 52.8. The third-order valence-electron chi connectivity index (χ3n) is 14.9. The maximum Gasteiger partial charge on any atom is 0.306 e. The summed E-state index contributed by atoms with van der Waals surface area (Å²) in [6.07, 6.45) is 91.6. The van der Waals surface area contributed by atoms with Crippen LogP contribution in [0, 0.1) is 0 Å². The number of carbonyl (C=O) groups excluding carboxylic acids is 3. The van der Waals surface area contributed by atoms with E-state index in [0.29, 0.717) is 19.3 Å². The molecule has 0 amide bonds. The van der Waals surface area contributed by atoms with Gasteiger partial charge in [0.1, 0.15) is 13.2 Å². The van der Waals surface area contributed by atoms with Crippen LogP contribution in [0.25, 0.3) is 0 Å². The molecule has 0 aromatic rings. The number of rotatable bonds is 62. The maximum atomic E-state index is 12.9. The largest absolute Gasteiger partial charge is 0.462 e. The van der Waals surface area contributed by atoms with Gasteiger partial charge >= 0.3 is 17.9 Å². The first-order chi connectivity index (χ1) is 39.5. The number of unbranched alkanes of at least 4 members (excludes halogenated alkanes) is 35. The molecule has 6 heteroatoms. The van der Waals surface area contributed by atoms with Crippen LogP contribution in [-0.4, -0.2) is 37.2 Å². The zero-order chi connectivity index (χ0) is 57.8. The number of ether oxygens (including phenoxy) is 3. The van der Waals surface area contributed by atoms with Crippen molar-refractivity contribution in [2.45, 2.75) is 341 Å². The number of hydrogen-bond donors (Lipinski definition) is 0. The molecule has 0 spiro atoms. The highest BCUT2D eigenvalue weighted by Crippen LogP contribution is 2.18. The Kier molecular flexibility index (Phi) is 64.7. The van der Waals surface area contributed by atoms with E-state index in [9.17, 15) is 14.4 Å². The predicted octanol–water partition coefficient (Wildman–Crippen LogP) is 23.6. The molecule has 0 aliphatic heterocycles. The Bertz CT molecular complexity index is 1560. The molecule has 460 valence electrons. The van der Waals surface area contributed by atoms with E-state index >= 15 is 0 Å². The molecule has 0 aliphatic carbocycles. The maximum absolute atomic E-state index is 12.9. The van der Waals surface area contributed by atoms with E-state index in [-0.39, 0.29) is 31.1 Å². The highest BCUT2D eigenvalue weighted by atomic mass is 16.6. The van der Waals surface area contributed by atoms with Crippen LogP contribution < -0.4 is 0 Å². The standard InChI is InChI=1S/C74H128O6/c1-4-7-10-13-16-19-22-24-26-28-30-32-34-36-37-39-40-42-44-46-48-50-52-55-58-61-64-67-73(76)79-70-71(69-78-72(75)66-63-60-57-54-21-18-15-12-9-6-3)80-74(77)68-65-62-59-56-53-51-49-47-45-43-41-38-35-33-31-29-27-25-23-20-17-14-11-8-5-2/h7,10,16,19,24,26,30,32,36-37,40,42,46,48,52,55,71H,4-6,8-9,11-15,17-18,20-23,25,27-29,31,33-35,38-39,41,43-45,47,49-51,53-54,56-70H2,1-3H3/b10-7-,19-16-,26-24-,32-30-,37-36-,42-40-,48-46-,55-52-. The van der Waals surface area contributed by atoms with Crippen molar-refractivity contribution in [2.24, 2.45) is 0 Å². The second kappa shape index (κ2) is 67.8. The molecule has 0 saturated carbocycles. The molecule has 0 heterocycles. The Morgan fingerprint density at radius 3 is 0.762 bits per heavy atom. The van der Waals surface area contributed by atoms with E-state index in [0.717, 1.165) is 109 Å². The lowest BCUT2D eigenvalue weighted by molar-refractivity contribution is -0.167. The van der Waals surface area contributed by atoms with Crippen LogP contribution in [-0.2, 0) is 28.6 Å². The van der Waals surface area contributed by atoms with Crippen molar-refractivity contribution in [1.82, 2.24) is 0 Å². The molecule has 0 aliphatic rings. The molecule has 0 N–H and O–H groups in total. The van der Waals surface area contributed by atoms with Crippen molar-refractivity contribution < 1.29 is 28.6 Å². The van der Waals surface area contributed by atoms with Gasteiger partial charge < -0.3 is 14.2 Å². The molecule has 1 atom stereocenters. The van der Waals surface area contributed by atoms with E-state index in [2.05, 4.69) is 118 Å². The van der Waals surface area contributed by atoms with Crippen LogP contribution in [0.1, 0.15) is 335 Å². The average Bonchev–Trinajstić information content (AvgIpc) is 3.46. The van der Waals surface area contributed by atoms with Gasteiger partial charge in [0.2, 0.25) is 0 Å². The van der Waals surface area contributed by atoms with E-state index in [1.165, 1.54) is 186 Å². The molecular weight excluding hydrogens is 985 g/mol. The molecule has 0 saturated heterocycles. The lowest BCUT2D eigenvalue weighted by Gasteiger charge is -2.18. The fraction of sp³-hybridized carbons (Fsp3) is 0.743. The molecular formula is C74H128O6. The minimum Gasteiger partial charge on any atom is -0.462 e. The first kappa shape index (κ1) is 76.3. The third-order valence-corrected chi connectivity index (χ3v) is 14.9. The number of esters is 3. The lowest BCUT2D eigenvalue weighted by Crippen LogP contribution is -2.30. The molecule has 1 unspecified atom stereocenters. The van der Waals surface area contributed by atoms with Crippen LogP contribution in [0.2, 0.25) is 0 Å². The minimum absolute atomic E-state index is 0.0876. The van der Waals surface area contributed by atoms with Crippen LogP contribution in [0.15, 0.2) is 97.2 Å². The van der Waals surface area contributed by atoms with Crippen LogP contribution in [0.5, 0.6) is 0 Å². The van der Waals surface area contributed by atoms with Gasteiger partial charge in [-0.2, -0.15) is 0 Å². The monoisotopic (exact) mass is 1110 g/mol. The van der Waals surface area contributed by atoms with Crippen molar-refractivity contribution in [3.8, 4) is 0 Å². The highest BCUT2D eigenvalue weighted by Gasteiger charge is 2.19. The number of allylic oxidation sites excluding steroid dienone is 16. The van der Waals surface area contributed by atoms with Gasteiger partial charge in [-0.3, -0.25) is 14.4 Å². The Morgan fingerprint density at radius 2 is 0.487 bits per heavy atom. The van der Waals surface area contributed by atoms with Crippen molar-refractivity contribution in [1.29, 1.82) is 0 Å². The van der Waals surface area contributed by atoms with Gasteiger partial charge in [-0.25, -0.2) is 0 Å². The van der Waals surface area contributed by atoms with Crippen LogP contribution >= 0.6 is 0 Å². The lowest BCUT2D eigenvalue weighted by atomic mass is 10.0. The van der Waals surface area contributed by atoms with Gasteiger partial charge in [-0.05, 0) is 83.5 Å². The Balaban J connectivity index is 4.29. The fourth-order valence-electron chi connectivity index (χ4n) is 9.76. The smallest absolute Gasteiger partial charge is 0.306 e. The van der Waals surface area contributed by atoms with Gasteiger partial charge in [0, 0.05) is 19.3 Å². The number of hydrogen-bond acceptors (Lipinski definition) is 6. The SMILES string of the molecule is CC/C=C\C/C=C\C/C=C\C/C=C\C/C=C\C/C=C\C/C=C\C/C=C\CCCCC(=O)OCC(COC(=O)CCCCCCCCCCCC)OC(=O)CCCCCCCCCCCCCCCCCCCCCCCCCCC. The van der Waals surface area contributed by atoms with Crippen molar-refractivity contribution in [3.63, 3.8) is 0 Å². The van der Waals surface area contributed by atoms with Gasteiger partial charge in [-0.15, -0.1) is 0 Å². The number of carbonyl (C=O) groups is 3. The van der Waals surface area contributed by atoms with Crippen molar-refractivity contribution in [3.05, 3.63) is 97.2 Å². The Hall–Kier alpha value is -3.67. The van der Waals surface area contributed by atoms with E-state index in [1.54, 1.807) is 0 Å². The Morgan fingerprint density at radius 1 is 0.263 bits per heavy atom. The molecule has 0 aromatic carbocycles. The summed E-state index contributed by atoms with van der Waals surface area (Å²) in [7, 11) is 0. The fourth-order valence-corrected chi connectivity index (χ4v) is 9.76. The van der Waals surface area contributed by atoms with E-state index < -0.39 is 6.10 Å². The Labute approximate surface area is 496 Å². The summed E-state index contributed by atoms with van der Waals surface area (Å²) in [5.74, 6) is -0.920. The summed E-state index contributed by atoms with van der Waals surface area (Å²) in [6, 6.07) is 0. The van der Waals surface area contributed by atoms with Gasteiger partial charge in [-0.1, -0.05) is 330 Å². The predicted molar refractivity (Wildman–Crippen MR) is 348 cm³/mol. The van der Waals surface area contributed by atoms with Gasteiger partial charge in [0.25, 0.3) is 0 Å². The van der Waals surface area contributed by atoms with E-state index in [4.69, 9.17) is 14.2 Å². The topological polar surface area (TPSA) is 78.9 Å². The van der Waals surface area contributed by atoms with Crippen LogP contribution in [0.4, 0.5) is 0 Å².